The van der Waals surface area contributed by atoms with Crippen LogP contribution in [0.2, 0.25) is 5.02 Å². The summed E-state index contributed by atoms with van der Waals surface area (Å²) in [4.78, 5) is 3.88. The van der Waals surface area contributed by atoms with Crippen LogP contribution < -0.4 is 0 Å². The lowest BCUT2D eigenvalue weighted by Crippen LogP contribution is -2.26. The molecule has 1 aliphatic heterocycles. The van der Waals surface area contributed by atoms with Crippen molar-refractivity contribution >= 4 is 35.2 Å². The molecule has 0 amide bonds. The first-order chi connectivity index (χ1) is 11.7. The highest BCUT2D eigenvalue weighted by molar-refractivity contribution is 7.71. The zero-order valence-electron chi connectivity index (χ0n) is 13.0. The van der Waals surface area contributed by atoms with Gasteiger partial charge in [-0.25, -0.2) is 4.68 Å². The van der Waals surface area contributed by atoms with Gasteiger partial charge in [-0.1, -0.05) is 23.7 Å². The molecule has 4 nitrogen and oxygen atoms in total. The number of hydrogen-bond acceptors (Lipinski definition) is 4. The summed E-state index contributed by atoms with van der Waals surface area (Å²) >= 11 is 13.5. The molecule has 0 spiro atoms. The van der Waals surface area contributed by atoms with Crippen LogP contribution in [0.25, 0.3) is 5.69 Å². The van der Waals surface area contributed by atoms with Crippen LogP contribution in [-0.2, 0) is 6.67 Å². The molecule has 0 radical (unpaired) electrons. The summed E-state index contributed by atoms with van der Waals surface area (Å²) < 4.78 is 4.48. The Morgan fingerprint density at radius 2 is 2.21 bits per heavy atom. The maximum absolute atomic E-state index is 6.09. The van der Waals surface area contributed by atoms with Gasteiger partial charge in [-0.05, 0) is 54.7 Å². The van der Waals surface area contributed by atoms with Crippen LogP contribution in [0.3, 0.4) is 0 Å². The van der Waals surface area contributed by atoms with E-state index < -0.39 is 0 Å². The molecule has 24 heavy (non-hydrogen) atoms. The summed E-state index contributed by atoms with van der Waals surface area (Å²) in [5.74, 6) is 0. The third-order valence-corrected chi connectivity index (χ3v) is 5.99. The van der Waals surface area contributed by atoms with Gasteiger partial charge in [0.25, 0.3) is 0 Å². The summed E-state index contributed by atoms with van der Waals surface area (Å²) in [6.07, 6.45) is 4.18. The van der Waals surface area contributed by atoms with Crippen molar-refractivity contribution < 1.29 is 0 Å². The fourth-order valence-corrected chi connectivity index (χ4v) is 4.55. The van der Waals surface area contributed by atoms with E-state index in [1.807, 2.05) is 44.9 Å². The van der Waals surface area contributed by atoms with Gasteiger partial charge in [0, 0.05) is 22.5 Å². The normalized spacial score (nSPS) is 18.3. The van der Waals surface area contributed by atoms with Gasteiger partial charge < -0.3 is 0 Å². The first kappa shape index (κ1) is 16.0. The minimum Gasteiger partial charge on any atom is -0.276 e. The second-order valence-corrected chi connectivity index (χ2v) is 7.67. The molecule has 2 aromatic heterocycles. The van der Waals surface area contributed by atoms with Gasteiger partial charge in [0.05, 0.1) is 12.4 Å². The minimum atomic E-state index is 0.475. The van der Waals surface area contributed by atoms with E-state index in [4.69, 9.17) is 23.8 Å². The minimum absolute atomic E-state index is 0.475. The number of halogens is 1. The molecular weight excluding hydrogens is 360 g/mol. The summed E-state index contributed by atoms with van der Waals surface area (Å²) in [7, 11) is 0. The van der Waals surface area contributed by atoms with Crippen LogP contribution in [0.1, 0.15) is 23.8 Å². The first-order valence-corrected chi connectivity index (χ1v) is 9.57. The number of thiophene rings is 1. The van der Waals surface area contributed by atoms with E-state index in [1.165, 1.54) is 17.7 Å². The van der Waals surface area contributed by atoms with Crippen LogP contribution in [0.4, 0.5) is 0 Å². The molecule has 0 saturated carbocycles. The number of aromatic nitrogens is 3. The fourth-order valence-electron chi connectivity index (χ4n) is 3.21. The lowest BCUT2D eigenvalue weighted by atomic mass is 10.2. The van der Waals surface area contributed by atoms with Crippen molar-refractivity contribution in [3.8, 4) is 5.69 Å². The van der Waals surface area contributed by atoms with Crippen LogP contribution in [0.5, 0.6) is 0 Å². The fraction of sp³-hybridized carbons (Fsp3) is 0.294. The number of nitrogens with zero attached hydrogens (tertiary/aromatic N) is 4. The van der Waals surface area contributed by atoms with E-state index in [-0.39, 0.29) is 0 Å². The zero-order valence-corrected chi connectivity index (χ0v) is 15.4. The molecule has 1 atom stereocenters. The van der Waals surface area contributed by atoms with Crippen LogP contribution in [-0.4, -0.2) is 25.8 Å². The molecule has 0 unspecified atom stereocenters. The highest BCUT2D eigenvalue weighted by Crippen LogP contribution is 2.34. The van der Waals surface area contributed by atoms with E-state index in [2.05, 4.69) is 27.5 Å². The number of hydrogen-bond donors (Lipinski definition) is 0. The second-order valence-electron chi connectivity index (χ2n) is 5.89. The Hall–Kier alpha value is -1.47. The van der Waals surface area contributed by atoms with Crippen molar-refractivity contribution in [3.05, 3.63) is 62.8 Å². The third-order valence-electron chi connectivity index (χ3n) is 4.37. The summed E-state index contributed by atoms with van der Waals surface area (Å²) in [5, 5.41) is 7.33. The Kier molecular flexibility index (Phi) is 4.54. The van der Waals surface area contributed by atoms with Crippen molar-refractivity contribution in [2.45, 2.75) is 25.6 Å². The molecule has 1 saturated heterocycles. The Bertz CT molecular complexity index is 884. The van der Waals surface area contributed by atoms with Crippen molar-refractivity contribution in [2.75, 3.05) is 6.54 Å². The van der Waals surface area contributed by atoms with Crippen LogP contribution >= 0.6 is 35.2 Å². The zero-order chi connectivity index (χ0) is 16.5. The monoisotopic (exact) mass is 376 g/mol. The lowest BCUT2D eigenvalue weighted by molar-refractivity contribution is 0.192. The van der Waals surface area contributed by atoms with Gasteiger partial charge in [0.2, 0.25) is 4.77 Å². The van der Waals surface area contributed by atoms with E-state index >= 15 is 0 Å². The standard InChI is InChI=1S/C17H17ClN4S2/c18-13-4-1-5-14(10-13)21-11-19-22(17(21)23)12-20-8-2-6-15(20)16-7-3-9-24-16/h1,3-5,7,9-11,15H,2,6,8,12H2/t15-/m1/s1. The summed E-state index contributed by atoms with van der Waals surface area (Å²) in [6.45, 7) is 1.79. The first-order valence-electron chi connectivity index (χ1n) is 7.90. The van der Waals surface area contributed by atoms with Gasteiger partial charge in [-0.2, -0.15) is 5.10 Å². The SMILES string of the molecule is S=c1n(-c2cccc(Cl)c2)cnn1CN1CCC[C@@H]1c1cccs1. The molecule has 1 fully saturated rings. The quantitative estimate of drug-likeness (QED) is 0.605. The molecule has 3 aromatic rings. The second kappa shape index (κ2) is 6.80. The van der Waals surface area contributed by atoms with Gasteiger partial charge in [0.1, 0.15) is 6.33 Å². The van der Waals surface area contributed by atoms with Gasteiger partial charge in [-0.15, -0.1) is 11.3 Å². The number of rotatable bonds is 4. The topological polar surface area (TPSA) is 26.0 Å². The van der Waals surface area contributed by atoms with Crippen molar-refractivity contribution in [1.82, 2.24) is 19.2 Å². The molecule has 124 valence electrons. The molecule has 3 heterocycles. The average Bonchev–Trinajstić information content (AvgIpc) is 3.30. The molecule has 0 aliphatic carbocycles. The number of likely N-dealkylation sites (tertiary alicyclic amines) is 1. The molecule has 4 rings (SSSR count). The Morgan fingerprint density at radius 3 is 3.00 bits per heavy atom. The number of benzene rings is 1. The summed E-state index contributed by atoms with van der Waals surface area (Å²) in [6, 6.07) is 12.5. The molecule has 1 aliphatic rings. The van der Waals surface area contributed by atoms with E-state index in [9.17, 15) is 0 Å². The largest absolute Gasteiger partial charge is 0.276 e. The van der Waals surface area contributed by atoms with Gasteiger partial charge in [-0.3, -0.25) is 9.47 Å². The maximum Gasteiger partial charge on any atom is 0.203 e. The van der Waals surface area contributed by atoms with E-state index in [0.717, 1.165) is 18.9 Å². The molecule has 7 heteroatoms. The van der Waals surface area contributed by atoms with Gasteiger partial charge in [0.15, 0.2) is 0 Å². The van der Waals surface area contributed by atoms with E-state index in [1.54, 1.807) is 6.33 Å². The maximum atomic E-state index is 6.09. The molecule has 0 bridgehead atoms. The van der Waals surface area contributed by atoms with Crippen molar-refractivity contribution in [3.63, 3.8) is 0 Å². The van der Waals surface area contributed by atoms with Crippen LogP contribution in [0, 0.1) is 4.77 Å². The van der Waals surface area contributed by atoms with Crippen LogP contribution in [0.15, 0.2) is 48.1 Å². The Balaban J connectivity index is 1.59. The predicted molar refractivity (Wildman–Crippen MR) is 100 cm³/mol. The molecular formula is C17H17ClN4S2. The Labute approximate surface area is 154 Å². The predicted octanol–water partition coefficient (Wildman–Crippen LogP) is 4.91. The van der Waals surface area contributed by atoms with Gasteiger partial charge >= 0.3 is 0 Å². The van der Waals surface area contributed by atoms with Crippen molar-refractivity contribution in [2.24, 2.45) is 0 Å². The smallest absolute Gasteiger partial charge is 0.203 e. The van der Waals surface area contributed by atoms with E-state index in [0.29, 0.717) is 15.8 Å². The highest BCUT2D eigenvalue weighted by atomic mass is 35.5. The average molecular weight is 377 g/mol. The lowest BCUT2D eigenvalue weighted by Gasteiger charge is -2.23. The van der Waals surface area contributed by atoms with Crippen molar-refractivity contribution in [1.29, 1.82) is 0 Å². The molecule has 1 aromatic carbocycles. The molecule has 0 N–H and O–H groups in total. The highest BCUT2D eigenvalue weighted by Gasteiger charge is 2.27. The Morgan fingerprint density at radius 1 is 1.29 bits per heavy atom. The summed E-state index contributed by atoms with van der Waals surface area (Å²) in [5.41, 5.74) is 0.940. The third kappa shape index (κ3) is 3.07.